The number of aromatic amines is 1. The molecule has 114 valence electrons. The van der Waals surface area contributed by atoms with Gasteiger partial charge in [-0.05, 0) is 12.1 Å². The number of anilines is 1. The topological polar surface area (TPSA) is 57.7 Å². The Morgan fingerprint density at radius 1 is 1.23 bits per heavy atom. The number of fused-ring (bicyclic) bond motifs is 1. The quantitative estimate of drug-likeness (QED) is 0.787. The molecule has 22 heavy (non-hydrogen) atoms. The summed E-state index contributed by atoms with van der Waals surface area (Å²) in [6.45, 7) is 0.611. The summed E-state index contributed by atoms with van der Waals surface area (Å²) in [4.78, 5) is 17.1. The van der Waals surface area contributed by atoms with Crippen LogP contribution in [0.1, 0.15) is 17.9 Å². The van der Waals surface area contributed by atoms with E-state index in [1.165, 1.54) is 6.07 Å². The summed E-state index contributed by atoms with van der Waals surface area (Å²) in [5.74, 6) is 1.33. The van der Waals surface area contributed by atoms with Crippen LogP contribution in [0.3, 0.4) is 0 Å². The minimum absolute atomic E-state index is 0.263. The fourth-order valence-corrected chi connectivity index (χ4v) is 2.20. The molecular formula is C15H15F2N5. The van der Waals surface area contributed by atoms with Crippen molar-refractivity contribution in [2.75, 3.05) is 18.5 Å². The van der Waals surface area contributed by atoms with Gasteiger partial charge in [0.25, 0.3) is 6.43 Å². The van der Waals surface area contributed by atoms with Crippen molar-refractivity contribution in [3.8, 4) is 0 Å². The van der Waals surface area contributed by atoms with Gasteiger partial charge < -0.3 is 9.88 Å². The van der Waals surface area contributed by atoms with E-state index in [4.69, 9.17) is 0 Å². The van der Waals surface area contributed by atoms with Crippen LogP contribution < -0.4 is 4.90 Å². The Morgan fingerprint density at radius 2 is 2.05 bits per heavy atom. The number of nitrogens with one attached hydrogen (secondary N) is 1. The van der Waals surface area contributed by atoms with E-state index < -0.39 is 6.43 Å². The summed E-state index contributed by atoms with van der Waals surface area (Å²) in [6, 6.07) is 9.10. The first-order valence-electron chi connectivity index (χ1n) is 6.88. The third kappa shape index (κ3) is 3.03. The number of para-hydroxylation sites is 2. The second-order valence-electron chi connectivity index (χ2n) is 4.97. The Balaban J connectivity index is 1.69. The van der Waals surface area contributed by atoms with Crippen LogP contribution >= 0.6 is 0 Å². The molecule has 2 heterocycles. The lowest BCUT2D eigenvalue weighted by Gasteiger charge is -2.17. The maximum Gasteiger partial charge on any atom is 0.280 e. The molecule has 1 aromatic carbocycles. The number of likely N-dealkylation sites (N-methyl/N-ethyl adjacent to an activating group) is 1. The van der Waals surface area contributed by atoms with Gasteiger partial charge in [-0.1, -0.05) is 12.1 Å². The molecule has 0 spiro atoms. The van der Waals surface area contributed by atoms with Crippen LogP contribution in [0.5, 0.6) is 0 Å². The molecule has 0 bridgehead atoms. The highest BCUT2D eigenvalue weighted by atomic mass is 19.3. The van der Waals surface area contributed by atoms with Crippen LogP contribution in [0.2, 0.25) is 0 Å². The molecule has 0 saturated carbocycles. The second kappa shape index (κ2) is 6.05. The van der Waals surface area contributed by atoms with Crippen LogP contribution in [0.4, 0.5) is 14.6 Å². The molecule has 0 atom stereocenters. The molecule has 1 N–H and O–H groups in total. The van der Waals surface area contributed by atoms with E-state index in [0.29, 0.717) is 18.8 Å². The third-order valence-electron chi connectivity index (χ3n) is 3.41. The SMILES string of the molecule is CN(CCc1nc2ccccc2[nH]1)c1cc(C(F)F)ncn1. The number of imidazole rings is 1. The van der Waals surface area contributed by atoms with Crippen molar-refractivity contribution in [2.24, 2.45) is 0 Å². The number of aromatic nitrogens is 4. The van der Waals surface area contributed by atoms with Crippen molar-refractivity contribution < 1.29 is 8.78 Å². The Kier molecular flexibility index (Phi) is 3.95. The molecule has 0 amide bonds. The Hall–Kier alpha value is -2.57. The van der Waals surface area contributed by atoms with Gasteiger partial charge in [0.1, 0.15) is 23.7 Å². The summed E-state index contributed by atoms with van der Waals surface area (Å²) < 4.78 is 25.3. The summed E-state index contributed by atoms with van der Waals surface area (Å²) in [6.07, 6.45) is -0.765. The molecule has 7 heteroatoms. The number of hydrogen-bond donors (Lipinski definition) is 1. The number of benzene rings is 1. The molecule has 0 aliphatic heterocycles. The number of H-pyrrole nitrogens is 1. The van der Waals surface area contributed by atoms with E-state index in [1.54, 1.807) is 11.9 Å². The normalized spacial score (nSPS) is 11.3. The average Bonchev–Trinajstić information content (AvgIpc) is 2.95. The first-order chi connectivity index (χ1) is 10.6. The standard InChI is InChI=1S/C15H15F2N5/c1-22(14-8-12(15(16)17)18-9-19-14)7-6-13-20-10-4-2-3-5-11(10)21-13/h2-5,8-9,15H,6-7H2,1H3,(H,20,21). The fraction of sp³-hybridized carbons (Fsp3) is 0.267. The highest BCUT2D eigenvalue weighted by Gasteiger charge is 2.12. The molecule has 3 rings (SSSR count). The number of nitrogens with zero attached hydrogens (tertiary/aromatic N) is 4. The van der Waals surface area contributed by atoms with E-state index in [-0.39, 0.29) is 5.69 Å². The smallest absolute Gasteiger partial charge is 0.280 e. The summed E-state index contributed by atoms with van der Waals surface area (Å²) in [5.41, 5.74) is 1.64. The molecule has 3 aromatic rings. The molecule has 0 saturated heterocycles. The third-order valence-corrected chi connectivity index (χ3v) is 3.41. The van der Waals surface area contributed by atoms with Crippen LogP contribution in [-0.4, -0.2) is 33.5 Å². The van der Waals surface area contributed by atoms with Gasteiger partial charge in [0.05, 0.1) is 11.0 Å². The van der Waals surface area contributed by atoms with Crippen molar-refractivity contribution in [3.05, 3.63) is 48.2 Å². The summed E-state index contributed by atoms with van der Waals surface area (Å²) in [5, 5.41) is 0. The van der Waals surface area contributed by atoms with Crippen molar-refractivity contribution in [1.29, 1.82) is 0 Å². The van der Waals surface area contributed by atoms with Crippen molar-refractivity contribution in [2.45, 2.75) is 12.8 Å². The van der Waals surface area contributed by atoms with Gasteiger partial charge in [-0.3, -0.25) is 0 Å². The largest absolute Gasteiger partial charge is 0.359 e. The summed E-state index contributed by atoms with van der Waals surface area (Å²) >= 11 is 0. The van der Waals surface area contributed by atoms with Crippen LogP contribution in [0.15, 0.2) is 36.7 Å². The monoisotopic (exact) mass is 303 g/mol. The summed E-state index contributed by atoms with van der Waals surface area (Å²) in [7, 11) is 1.81. The van der Waals surface area contributed by atoms with E-state index in [1.807, 2.05) is 24.3 Å². The predicted molar refractivity (Wildman–Crippen MR) is 80.1 cm³/mol. The highest BCUT2D eigenvalue weighted by molar-refractivity contribution is 5.74. The molecule has 0 fully saturated rings. The van der Waals surface area contributed by atoms with Gasteiger partial charge in [-0.15, -0.1) is 0 Å². The second-order valence-corrected chi connectivity index (χ2v) is 4.97. The van der Waals surface area contributed by atoms with E-state index in [2.05, 4.69) is 19.9 Å². The first kappa shape index (κ1) is 14.4. The van der Waals surface area contributed by atoms with Gasteiger partial charge in [0, 0.05) is 26.1 Å². The molecule has 0 aliphatic carbocycles. The molecule has 0 unspecified atom stereocenters. The first-order valence-corrected chi connectivity index (χ1v) is 6.88. The number of alkyl halides is 2. The van der Waals surface area contributed by atoms with Gasteiger partial charge in [-0.25, -0.2) is 23.7 Å². The minimum atomic E-state index is -2.59. The molecule has 2 aromatic heterocycles. The number of halogens is 2. The number of rotatable bonds is 5. The zero-order valence-electron chi connectivity index (χ0n) is 12.0. The maximum atomic E-state index is 12.7. The fourth-order valence-electron chi connectivity index (χ4n) is 2.20. The Bertz CT molecular complexity index is 738. The van der Waals surface area contributed by atoms with E-state index in [9.17, 15) is 8.78 Å². The lowest BCUT2D eigenvalue weighted by molar-refractivity contribution is 0.146. The van der Waals surface area contributed by atoms with Crippen LogP contribution in [0.25, 0.3) is 11.0 Å². The zero-order chi connectivity index (χ0) is 15.5. The molecule has 0 aliphatic rings. The highest BCUT2D eigenvalue weighted by Crippen LogP contribution is 2.19. The van der Waals surface area contributed by atoms with Gasteiger partial charge in [0.15, 0.2) is 0 Å². The molecular weight excluding hydrogens is 288 g/mol. The predicted octanol–water partition coefficient (Wildman–Crippen LogP) is 2.97. The average molecular weight is 303 g/mol. The number of hydrogen-bond acceptors (Lipinski definition) is 4. The maximum absolute atomic E-state index is 12.7. The van der Waals surface area contributed by atoms with E-state index >= 15 is 0 Å². The van der Waals surface area contributed by atoms with Gasteiger partial charge in [-0.2, -0.15) is 0 Å². The Morgan fingerprint density at radius 3 is 2.82 bits per heavy atom. The zero-order valence-corrected chi connectivity index (χ0v) is 12.0. The van der Waals surface area contributed by atoms with Crippen LogP contribution in [0, 0.1) is 0 Å². The minimum Gasteiger partial charge on any atom is -0.359 e. The van der Waals surface area contributed by atoms with Gasteiger partial charge >= 0.3 is 0 Å². The van der Waals surface area contributed by atoms with E-state index in [0.717, 1.165) is 23.2 Å². The van der Waals surface area contributed by atoms with Crippen molar-refractivity contribution in [3.63, 3.8) is 0 Å². The van der Waals surface area contributed by atoms with Gasteiger partial charge in [0.2, 0.25) is 0 Å². The van der Waals surface area contributed by atoms with Crippen molar-refractivity contribution in [1.82, 2.24) is 19.9 Å². The Labute approximate surface area is 126 Å². The molecule has 0 radical (unpaired) electrons. The lowest BCUT2D eigenvalue weighted by Crippen LogP contribution is -2.22. The lowest BCUT2D eigenvalue weighted by atomic mass is 10.3. The molecule has 5 nitrogen and oxygen atoms in total. The van der Waals surface area contributed by atoms with Crippen molar-refractivity contribution >= 4 is 16.9 Å². The van der Waals surface area contributed by atoms with Crippen LogP contribution in [-0.2, 0) is 6.42 Å².